The third-order valence-electron chi connectivity index (χ3n) is 5.45. The summed E-state index contributed by atoms with van der Waals surface area (Å²) in [6, 6.07) is 18.1. The highest BCUT2D eigenvalue weighted by Crippen LogP contribution is 2.46. The van der Waals surface area contributed by atoms with Gasteiger partial charge in [0.25, 0.3) is 0 Å². The molecule has 33 heavy (non-hydrogen) atoms. The highest BCUT2D eigenvalue weighted by atomic mass is 79.9. The maximum atomic E-state index is 14.0. The lowest BCUT2D eigenvalue weighted by Gasteiger charge is -2.40. The molecule has 0 amide bonds. The Morgan fingerprint density at radius 3 is 2.18 bits per heavy atom. The first-order valence-corrected chi connectivity index (χ1v) is 12.9. The second kappa shape index (κ2) is 9.60. The lowest BCUT2D eigenvalue weighted by atomic mass is 9.89. The van der Waals surface area contributed by atoms with E-state index in [0.29, 0.717) is 10.6 Å². The molecule has 5 nitrogen and oxygen atoms in total. The summed E-state index contributed by atoms with van der Waals surface area (Å²) in [4.78, 5) is 12.2. The summed E-state index contributed by atoms with van der Waals surface area (Å²) < 4.78 is 30.2. The van der Waals surface area contributed by atoms with Crippen LogP contribution in [-0.2, 0) is 14.8 Å². The van der Waals surface area contributed by atoms with E-state index in [1.165, 1.54) is 16.4 Å². The van der Waals surface area contributed by atoms with Crippen molar-refractivity contribution in [3.05, 3.63) is 110 Å². The molecule has 0 saturated heterocycles. The number of nitrogens with zero attached hydrogens (tertiary/aromatic N) is 1. The summed E-state index contributed by atoms with van der Waals surface area (Å²) in [6.07, 6.45) is 1.78. The molecular weight excluding hydrogens is 549 g/mol. The highest BCUT2D eigenvalue weighted by molar-refractivity contribution is 9.10. The van der Waals surface area contributed by atoms with Crippen molar-refractivity contribution in [1.82, 2.24) is 4.31 Å². The monoisotopic (exact) mass is 565 g/mol. The Kier molecular flexibility index (Phi) is 6.98. The van der Waals surface area contributed by atoms with Crippen molar-refractivity contribution in [3.63, 3.8) is 0 Å². The minimum absolute atomic E-state index is 0.0178. The molecule has 3 aromatic rings. The van der Waals surface area contributed by atoms with Crippen LogP contribution in [0.4, 0.5) is 0 Å². The first-order chi connectivity index (χ1) is 15.7. The Balaban J connectivity index is 1.98. The number of halogens is 3. The van der Waals surface area contributed by atoms with Gasteiger partial charge in [0.2, 0.25) is 10.0 Å². The molecule has 170 valence electrons. The molecule has 1 aliphatic heterocycles. The van der Waals surface area contributed by atoms with Crippen LogP contribution in [0.25, 0.3) is 0 Å². The molecule has 1 N–H and O–H groups in total. The van der Waals surface area contributed by atoms with E-state index in [-0.39, 0.29) is 21.9 Å². The zero-order valence-electron chi connectivity index (χ0n) is 17.0. The fourth-order valence-corrected chi connectivity index (χ4v) is 6.55. The number of hydrogen-bond acceptors (Lipinski definition) is 3. The van der Waals surface area contributed by atoms with Crippen molar-refractivity contribution >= 4 is 55.1 Å². The molecule has 0 aromatic heterocycles. The molecule has 0 saturated carbocycles. The smallest absolute Gasteiger partial charge is 0.333 e. The number of carboxylic acids is 1. The summed E-state index contributed by atoms with van der Waals surface area (Å²) in [5.41, 5.74) is 1.16. The van der Waals surface area contributed by atoms with E-state index in [4.69, 9.17) is 23.2 Å². The van der Waals surface area contributed by atoms with Gasteiger partial charge in [0.05, 0.1) is 22.6 Å². The maximum absolute atomic E-state index is 14.0. The van der Waals surface area contributed by atoms with E-state index < -0.39 is 28.1 Å². The zero-order chi connectivity index (χ0) is 23.8. The lowest BCUT2D eigenvalue weighted by Crippen LogP contribution is -2.42. The van der Waals surface area contributed by atoms with Crippen LogP contribution in [0.15, 0.2) is 93.8 Å². The van der Waals surface area contributed by atoms with E-state index in [1.54, 1.807) is 42.5 Å². The topological polar surface area (TPSA) is 74.7 Å². The molecule has 1 heterocycles. The van der Waals surface area contributed by atoms with Crippen LogP contribution < -0.4 is 0 Å². The Morgan fingerprint density at radius 1 is 0.939 bits per heavy atom. The van der Waals surface area contributed by atoms with Crippen molar-refractivity contribution < 1.29 is 18.3 Å². The van der Waals surface area contributed by atoms with Crippen LogP contribution in [0.1, 0.15) is 29.6 Å². The summed E-state index contributed by atoms with van der Waals surface area (Å²) in [5.74, 6) is -1.19. The van der Waals surface area contributed by atoms with E-state index in [2.05, 4.69) is 15.9 Å². The molecule has 4 rings (SSSR count). The molecule has 3 aromatic carbocycles. The Morgan fingerprint density at radius 2 is 1.58 bits per heavy atom. The first kappa shape index (κ1) is 24.0. The van der Waals surface area contributed by atoms with Crippen LogP contribution in [0.2, 0.25) is 10.0 Å². The lowest BCUT2D eigenvalue weighted by molar-refractivity contribution is -0.133. The Hall–Kier alpha value is -2.16. The minimum Gasteiger partial charge on any atom is -0.478 e. The summed E-state index contributed by atoms with van der Waals surface area (Å²) in [6.45, 7) is 0. The number of sulfonamides is 1. The predicted molar refractivity (Wildman–Crippen MR) is 132 cm³/mol. The van der Waals surface area contributed by atoms with Gasteiger partial charge in [-0.3, -0.25) is 0 Å². The maximum Gasteiger partial charge on any atom is 0.333 e. The number of hydrogen-bond donors (Lipinski definition) is 1. The molecule has 2 atom stereocenters. The van der Waals surface area contributed by atoms with Gasteiger partial charge in [-0.1, -0.05) is 75.5 Å². The molecule has 1 aliphatic rings. The SMILES string of the molecule is O=C(O)C1=CC[C@@H](c2ccc(Br)cc2)N(S(=O)(=O)c2cccc(Cl)c2)[C@H]1c1cccc(Cl)c1. The minimum atomic E-state index is -4.18. The van der Waals surface area contributed by atoms with Crippen LogP contribution >= 0.6 is 39.1 Å². The van der Waals surface area contributed by atoms with Gasteiger partial charge in [-0.25, -0.2) is 13.2 Å². The van der Waals surface area contributed by atoms with Gasteiger partial charge in [-0.15, -0.1) is 0 Å². The average Bonchev–Trinajstić information content (AvgIpc) is 2.78. The van der Waals surface area contributed by atoms with Crippen molar-refractivity contribution in [2.45, 2.75) is 23.4 Å². The number of carboxylic acid groups (broad SMARTS) is 1. The van der Waals surface area contributed by atoms with E-state index in [9.17, 15) is 18.3 Å². The van der Waals surface area contributed by atoms with Crippen LogP contribution in [0, 0.1) is 0 Å². The molecule has 0 fully saturated rings. The first-order valence-electron chi connectivity index (χ1n) is 9.92. The number of aliphatic carboxylic acids is 1. The number of carbonyl (C=O) groups is 1. The summed E-state index contributed by atoms with van der Waals surface area (Å²) >= 11 is 15.7. The van der Waals surface area contributed by atoms with Crippen LogP contribution in [-0.4, -0.2) is 23.8 Å². The third-order valence-corrected chi connectivity index (χ3v) is 8.32. The molecule has 0 spiro atoms. The molecule has 0 bridgehead atoms. The van der Waals surface area contributed by atoms with Crippen LogP contribution in [0.3, 0.4) is 0 Å². The van der Waals surface area contributed by atoms with E-state index >= 15 is 0 Å². The second-order valence-corrected chi connectivity index (χ2v) is 11.1. The molecule has 0 unspecified atom stereocenters. The second-order valence-electron chi connectivity index (χ2n) is 7.52. The third kappa shape index (κ3) is 4.88. The van der Waals surface area contributed by atoms with Crippen molar-refractivity contribution in [1.29, 1.82) is 0 Å². The molecule has 0 aliphatic carbocycles. The average molecular weight is 567 g/mol. The van der Waals surface area contributed by atoms with Crippen LogP contribution in [0.5, 0.6) is 0 Å². The van der Waals surface area contributed by atoms with E-state index in [1.807, 2.05) is 24.3 Å². The van der Waals surface area contributed by atoms with Gasteiger partial charge in [0.1, 0.15) is 0 Å². The fraction of sp³-hybridized carbons (Fsp3) is 0.125. The molecule has 0 radical (unpaired) electrons. The predicted octanol–water partition coefficient (Wildman–Crippen LogP) is 6.64. The normalized spacial score (nSPS) is 19.2. The van der Waals surface area contributed by atoms with Crippen molar-refractivity contribution in [3.8, 4) is 0 Å². The Bertz CT molecular complexity index is 1340. The van der Waals surface area contributed by atoms with Crippen molar-refractivity contribution in [2.75, 3.05) is 0 Å². The Labute approximate surface area is 210 Å². The summed E-state index contributed by atoms with van der Waals surface area (Å²) in [7, 11) is -4.18. The van der Waals surface area contributed by atoms with Gasteiger partial charge in [0, 0.05) is 14.5 Å². The summed E-state index contributed by atoms with van der Waals surface area (Å²) in [5, 5.41) is 10.6. The highest BCUT2D eigenvalue weighted by Gasteiger charge is 2.44. The van der Waals surface area contributed by atoms with Gasteiger partial charge in [-0.2, -0.15) is 4.31 Å². The fourth-order valence-electron chi connectivity index (χ4n) is 4.00. The molecule has 9 heteroatoms. The quantitative estimate of drug-likeness (QED) is 0.375. The van der Waals surface area contributed by atoms with Gasteiger partial charge in [-0.05, 0) is 60.0 Å². The van der Waals surface area contributed by atoms with Gasteiger partial charge < -0.3 is 5.11 Å². The van der Waals surface area contributed by atoms with Gasteiger partial charge in [0.15, 0.2) is 0 Å². The standard InChI is InChI=1S/C24H18BrCl2NO4S/c25-17-9-7-15(8-10-17)22-12-11-21(24(29)30)23(16-3-1-4-18(26)13-16)28(22)33(31,32)20-6-2-5-19(27)14-20/h1-11,13-14,22-23H,12H2,(H,29,30)/t22-,23-/m0/s1. The number of benzene rings is 3. The molecular formula is C24H18BrCl2NO4S. The van der Waals surface area contributed by atoms with E-state index in [0.717, 1.165) is 10.0 Å². The zero-order valence-corrected chi connectivity index (χ0v) is 20.9. The van der Waals surface area contributed by atoms with Gasteiger partial charge >= 0.3 is 5.97 Å². The van der Waals surface area contributed by atoms with Crippen molar-refractivity contribution in [2.24, 2.45) is 0 Å². The number of rotatable bonds is 5. The largest absolute Gasteiger partial charge is 0.478 e.